The maximum atomic E-state index is 14.4. The van der Waals surface area contributed by atoms with E-state index in [0.29, 0.717) is 31.5 Å². The van der Waals surface area contributed by atoms with E-state index < -0.39 is 40.3 Å². The molecule has 0 aliphatic carbocycles. The Morgan fingerprint density at radius 1 is 0.846 bits per heavy atom. The highest BCUT2D eigenvalue weighted by Gasteiger charge is 2.28. The van der Waals surface area contributed by atoms with Crippen molar-refractivity contribution >= 4 is 17.5 Å². The molecule has 0 spiro atoms. The Kier molecular flexibility index (Phi) is 5.40. The molecule has 26 heavy (non-hydrogen) atoms. The van der Waals surface area contributed by atoms with Gasteiger partial charge in [0.2, 0.25) is 0 Å². The van der Waals surface area contributed by atoms with Crippen molar-refractivity contribution in [2.75, 3.05) is 18.0 Å². The SMILES string of the molecule is O=C(C=Cc1c(F)c(F)c(N2CCCCC2)c(F)c1F)c1ccccc1. The highest BCUT2D eigenvalue weighted by atomic mass is 19.2. The molecule has 0 N–H and O–H groups in total. The third-order valence-electron chi connectivity index (χ3n) is 4.41. The van der Waals surface area contributed by atoms with Gasteiger partial charge in [-0.1, -0.05) is 30.3 Å². The van der Waals surface area contributed by atoms with E-state index in [9.17, 15) is 22.4 Å². The van der Waals surface area contributed by atoms with Crippen LogP contribution < -0.4 is 4.90 Å². The van der Waals surface area contributed by atoms with Crippen molar-refractivity contribution < 1.29 is 22.4 Å². The zero-order valence-corrected chi connectivity index (χ0v) is 13.9. The van der Waals surface area contributed by atoms with Gasteiger partial charge in [-0.3, -0.25) is 4.79 Å². The number of nitrogens with zero attached hydrogens (tertiary/aromatic N) is 1. The van der Waals surface area contributed by atoms with Crippen molar-refractivity contribution in [3.63, 3.8) is 0 Å². The summed E-state index contributed by atoms with van der Waals surface area (Å²) in [5.74, 6) is -6.39. The van der Waals surface area contributed by atoms with Gasteiger partial charge in [-0.15, -0.1) is 0 Å². The van der Waals surface area contributed by atoms with Crippen molar-refractivity contribution in [2.24, 2.45) is 0 Å². The third-order valence-corrected chi connectivity index (χ3v) is 4.41. The molecular weight excluding hydrogens is 346 g/mol. The van der Waals surface area contributed by atoms with E-state index in [0.717, 1.165) is 18.6 Å². The third kappa shape index (κ3) is 3.49. The first kappa shape index (κ1) is 18.2. The smallest absolute Gasteiger partial charge is 0.185 e. The Morgan fingerprint density at radius 2 is 1.42 bits per heavy atom. The lowest BCUT2D eigenvalue weighted by Crippen LogP contribution is -2.31. The molecule has 2 nitrogen and oxygen atoms in total. The number of ketones is 1. The second-order valence-electron chi connectivity index (χ2n) is 6.13. The number of hydrogen-bond acceptors (Lipinski definition) is 2. The van der Waals surface area contributed by atoms with Crippen LogP contribution in [0.5, 0.6) is 0 Å². The average molecular weight is 363 g/mol. The minimum Gasteiger partial charge on any atom is -0.367 e. The van der Waals surface area contributed by atoms with Crippen LogP contribution in [-0.4, -0.2) is 18.9 Å². The molecule has 2 aromatic carbocycles. The average Bonchev–Trinajstić information content (AvgIpc) is 2.68. The molecule has 136 valence electrons. The van der Waals surface area contributed by atoms with E-state index in [1.807, 2.05) is 0 Å². The van der Waals surface area contributed by atoms with Crippen molar-refractivity contribution in [3.05, 3.63) is 70.8 Å². The summed E-state index contributed by atoms with van der Waals surface area (Å²) in [6, 6.07) is 8.04. The maximum absolute atomic E-state index is 14.4. The number of carbonyl (C=O) groups excluding carboxylic acids is 1. The molecule has 0 bridgehead atoms. The molecule has 0 saturated carbocycles. The van der Waals surface area contributed by atoms with Gasteiger partial charge in [0.05, 0.1) is 5.56 Å². The minimum absolute atomic E-state index is 0.301. The zero-order chi connectivity index (χ0) is 18.7. The number of hydrogen-bond donors (Lipinski definition) is 0. The van der Waals surface area contributed by atoms with Crippen LogP contribution in [0.1, 0.15) is 35.2 Å². The lowest BCUT2D eigenvalue weighted by molar-refractivity contribution is 0.104. The molecule has 0 unspecified atom stereocenters. The Bertz CT molecular complexity index is 814. The van der Waals surface area contributed by atoms with Crippen LogP contribution in [0.2, 0.25) is 0 Å². The van der Waals surface area contributed by atoms with Crippen LogP contribution >= 0.6 is 0 Å². The van der Waals surface area contributed by atoms with Crippen molar-refractivity contribution in [1.82, 2.24) is 0 Å². The molecule has 0 aromatic heterocycles. The van der Waals surface area contributed by atoms with Gasteiger partial charge in [0, 0.05) is 18.7 Å². The molecule has 1 fully saturated rings. The van der Waals surface area contributed by atoms with E-state index in [1.54, 1.807) is 18.2 Å². The lowest BCUT2D eigenvalue weighted by atomic mass is 10.1. The Balaban J connectivity index is 1.96. The normalized spacial score (nSPS) is 14.8. The van der Waals surface area contributed by atoms with Crippen LogP contribution in [0.15, 0.2) is 36.4 Å². The predicted octanol–water partition coefficient (Wildman–Crippen LogP) is 5.13. The Hall–Kier alpha value is -2.63. The van der Waals surface area contributed by atoms with Gasteiger partial charge in [-0.2, -0.15) is 0 Å². The van der Waals surface area contributed by atoms with E-state index in [1.165, 1.54) is 17.0 Å². The summed E-state index contributed by atoms with van der Waals surface area (Å²) in [6.07, 6.45) is 3.99. The highest BCUT2D eigenvalue weighted by Crippen LogP contribution is 2.33. The number of halogens is 4. The molecule has 2 aromatic rings. The highest BCUT2D eigenvalue weighted by molar-refractivity contribution is 6.06. The van der Waals surface area contributed by atoms with Crippen LogP contribution in [0.4, 0.5) is 23.2 Å². The molecule has 1 aliphatic heterocycles. The summed E-state index contributed by atoms with van der Waals surface area (Å²) in [5, 5.41) is 0. The number of benzene rings is 2. The summed E-state index contributed by atoms with van der Waals surface area (Å²) < 4.78 is 57.5. The number of anilines is 1. The molecule has 1 saturated heterocycles. The van der Waals surface area contributed by atoms with E-state index >= 15 is 0 Å². The summed E-state index contributed by atoms with van der Waals surface area (Å²) in [5.41, 5.74) is -1.27. The van der Waals surface area contributed by atoms with Crippen molar-refractivity contribution in [2.45, 2.75) is 19.3 Å². The Morgan fingerprint density at radius 3 is 2.00 bits per heavy atom. The van der Waals surface area contributed by atoms with Crippen LogP contribution in [0.25, 0.3) is 6.08 Å². The van der Waals surface area contributed by atoms with Crippen molar-refractivity contribution in [3.8, 4) is 0 Å². The zero-order valence-electron chi connectivity index (χ0n) is 13.9. The first-order chi connectivity index (χ1) is 12.5. The van der Waals surface area contributed by atoms with Crippen molar-refractivity contribution in [1.29, 1.82) is 0 Å². The number of allylic oxidation sites excluding steroid dienone is 1. The van der Waals surface area contributed by atoms with E-state index in [-0.39, 0.29) is 0 Å². The maximum Gasteiger partial charge on any atom is 0.185 e. The molecule has 6 heteroatoms. The molecule has 1 heterocycles. The van der Waals surface area contributed by atoms with Gasteiger partial charge < -0.3 is 4.90 Å². The van der Waals surface area contributed by atoms with Crippen LogP contribution in [0, 0.1) is 23.3 Å². The van der Waals surface area contributed by atoms with Gasteiger partial charge in [0.15, 0.2) is 29.1 Å². The molecule has 0 amide bonds. The number of rotatable bonds is 4. The second kappa shape index (κ2) is 7.72. The van der Waals surface area contributed by atoms with Crippen LogP contribution in [0.3, 0.4) is 0 Å². The molecular formula is C20H17F4NO. The first-order valence-electron chi connectivity index (χ1n) is 8.39. The molecule has 1 aliphatic rings. The fourth-order valence-corrected chi connectivity index (χ4v) is 3.04. The largest absolute Gasteiger partial charge is 0.367 e. The fraction of sp³-hybridized carbons (Fsp3) is 0.250. The topological polar surface area (TPSA) is 20.3 Å². The minimum atomic E-state index is -1.50. The summed E-state index contributed by atoms with van der Waals surface area (Å²) in [6.45, 7) is 0.683. The van der Waals surface area contributed by atoms with E-state index in [4.69, 9.17) is 0 Å². The van der Waals surface area contributed by atoms with Gasteiger partial charge in [0.25, 0.3) is 0 Å². The fourth-order valence-electron chi connectivity index (χ4n) is 3.04. The summed E-state index contributed by atoms with van der Waals surface area (Å²) >= 11 is 0. The predicted molar refractivity (Wildman–Crippen MR) is 92.1 cm³/mol. The summed E-state index contributed by atoms with van der Waals surface area (Å²) in [4.78, 5) is 13.3. The molecule has 0 atom stereocenters. The monoisotopic (exact) mass is 363 g/mol. The van der Waals surface area contributed by atoms with Gasteiger partial charge >= 0.3 is 0 Å². The summed E-state index contributed by atoms with van der Waals surface area (Å²) in [7, 11) is 0. The number of carbonyl (C=O) groups is 1. The molecule has 0 radical (unpaired) electrons. The second-order valence-corrected chi connectivity index (χ2v) is 6.13. The first-order valence-corrected chi connectivity index (χ1v) is 8.39. The molecule has 3 rings (SSSR count). The van der Waals surface area contributed by atoms with E-state index in [2.05, 4.69) is 0 Å². The standard InChI is InChI=1S/C20H17F4NO/c21-16-14(9-10-15(26)13-7-3-1-4-8-13)17(22)19(24)20(18(16)23)25-11-5-2-6-12-25/h1,3-4,7-10H,2,5-6,11-12H2. The Labute approximate surface area is 148 Å². The quantitative estimate of drug-likeness (QED) is 0.325. The van der Waals surface area contributed by atoms with Gasteiger partial charge in [-0.25, -0.2) is 17.6 Å². The number of piperidine rings is 1. The van der Waals surface area contributed by atoms with Gasteiger partial charge in [0.1, 0.15) is 5.69 Å². The lowest BCUT2D eigenvalue weighted by Gasteiger charge is -2.29. The van der Waals surface area contributed by atoms with Gasteiger partial charge in [-0.05, 0) is 31.4 Å². The van der Waals surface area contributed by atoms with Crippen LogP contribution in [-0.2, 0) is 0 Å².